The van der Waals surface area contributed by atoms with Crippen molar-refractivity contribution in [3.8, 4) is 0 Å². The number of aliphatic carboxylic acids is 1. The van der Waals surface area contributed by atoms with Gasteiger partial charge in [-0.15, -0.1) is 0 Å². The van der Waals surface area contributed by atoms with Gasteiger partial charge in [0.1, 0.15) is 5.60 Å². The van der Waals surface area contributed by atoms with Crippen LogP contribution in [0.25, 0.3) is 0 Å². The van der Waals surface area contributed by atoms with Crippen LogP contribution in [0.3, 0.4) is 0 Å². The lowest BCUT2D eigenvalue weighted by Gasteiger charge is -2.63. The van der Waals surface area contributed by atoms with Gasteiger partial charge >= 0.3 is 12.1 Å². The Labute approximate surface area is 194 Å². The standard InChI is InChI=1S/C27H45NO4/c1-17-11-13-20-19(18(17)9-8-10-23(29)30)12-14-21-26(5,6)22(15-16-27(20,21)7)28-24(31)32-25(2,3)4/h19-22H,8-16H2,1-7H3,(H,28,31)(H,29,30)/t19-,20-,21-,22-,27+/m0/s1. The zero-order valence-electron chi connectivity index (χ0n) is 21.3. The molecule has 5 heteroatoms. The van der Waals surface area contributed by atoms with E-state index in [2.05, 4.69) is 33.0 Å². The number of hydrogen-bond donors (Lipinski definition) is 2. The van der Waals surface area contributed by atoms with E-state index in [4.69, 9.17) is 9.84 Å². The Kier molecular flexibility index (Phi) is 7.08. The van der Waals surface area contributed by atoms with E-state index in [0.29, 0.717) is 17.8 Å². The summed E-state index contributed by atoms with van der Waals surface area (Å²) in [6.45, 7) is 15.2. The molecule has 0 unspecified atom stereocenters. The van der Waals surface area contributed by atoms with Gasteiger partial charge in [-0.25, -0.2) is 4.79 Å². The molecular weight excluding hydrogens is 402 g/mol. The normalized spacial score (nSPS) is 34.3. The minimum absolute atomic E-state index is 0.00848. The highest BCUT2D eigenvalue weighted by atomic mass is 16.6. The van der Waals surface area contributed by atoms with Crippen molar-refractivity contribution in [2.75, 3.05) is 0 Å². The predicted octanol–water partition coefficient (Wildman–Crippen LogP) is 6.71. The largest absolute Gasteiger partial charge is 0.481 e. The van der Waals surface area contributed by atoms with E-state index in [1.165, 1.54) is 24.8 Å². The number of nitrogens with one attached hydrogen (secondary N) is 1. The van der Waals surface area contributed by atoms with E-state index in [1.807, 2.05) is 20.8 Å². The van der Waals surface area contributed by atoms with Crippen molar-refractivity contribution < 1.29 is 19.4 Å². The quantitative estimate of drug-likeness (QED) is 0.459. The number of fused-ring (bicyclic) bond motifs is 3. The van der Waals surface area contributed by atoms with Crippen molar-refractivity contribution in [1.29, 1.82) is 0 Å². The van der Waals surface area contributed by atoms with E-state index in [0.717, 1.165) is 32.1 Å². The second-order valence-electron chi connectivity index (χ2n) is 12.5. The lowest BCUT2D eigenvalue weighted by molar-refractivity contribution is -0.137. The van der Waals surface area contributed by atoms with Crippen molar-refractivity contribution in [3.63, 3.8) is 0 Å². The van der Waals surface area contributed by atoms with Crippen molar-refractivity contribution in [3.05, 3.63) is 11.1 Å². The number of carboxylic acid groups (broad SMARTS) is 1. The molecule has 0 aromatic rings. The summed E-state index contributed by atoms with van der Waals surface area (Å²) in [5, 5.41) is 12.3. The van der Waals surface area contributed by atoms with Crippen LogP contribution in [0.4, 0.5) is 4.79 Å². The Morgan fingerprint density at radius 2 is 1.81 bits per heavy atom. The summed E-state index contributed by atoms with van der Waals surface area (Å²) in [7, 11) is 0. The number of carbonyl (C=O) groups is 2. The number of carbonyl (C=O) groups excluding carboxylic acids is 1. The second-order valence-corrected chi connectivity index (χ2v) is 12.5. The molecule has 0 spiro atoms. The first-order chi connectivity index (χ1) is 14.8. The van der Waals surface area contributed by atoms with E-state index in [-0.39, 0.29) is 29.4 Å². The molecule has 0 aromatic heterocycles. The molecule has 5 atom stereocenters. The van der Waals surface area contributed by atoms with Crippen LogP contribution in [-0.4, -0.2) is 28.8 Å². The lowest BCUT2D eigenvalue weighted by atomic mass is 9.43. The van der Waals surface area contributed by atoms with Crippen molar-refractivity contribution in [2.45, 2.75) is 118 Å². The van der Waals surface area contributed by atoms with Gasteiger partial charge in [0.15, 0.2) is 0 Å². The van der Waals surface area contributed by atoms with Gasteiger partial charge in [-0.1, -0.05) is 31.9 Å². The minimum Gasteiger partial charge on any atom is -0.481 e. The minimum atomic E-state index is -0.691. The SMILES string of the molecule is CC1=C(CCCC(=O)O)[C@@H]2CC[C@H]3C(C)(C)[C@@H](NC(=O)OC(C)(C)C)CC[C@]3(C)[C@H]2CC1. The molecule has 5 nitrogen and oxygen atoms in total. The van der Waals surface area contributed by atoms with Gasteiger partial charge in [0.25, 0.3) is 0 Å². The van der Waals surface area contributed by atoms with Gasteiger partial charge < -0.3 is 15.2 Å². The molecule has 3 aliphatic rings. The van der Waals surface area contributed by atoms with E-state index in [1.54, 1.807) is 5.57 Å². The van der Waals surface area contributed by atoms with Crippen molar-refractivity contribution >= 4 is 12.1 Å². The van der Waals surface area contributed by atoms with Crippen LogP contribution in [0.15, 0.2) is 11.1 Å². The summed E-state index contributed by atoms with van der Waals surface area (Å²) in [4.78, 5) is 23.6. The Morgan fingerprint density at radius 3 is 2.44 bits per heavy atom. The lowest BCUT2D eigenvalue weighted by Crippen LogP contribution is -2.61. The fourth-order valence-electron chi connectivity index (χ4n) is 7.58. The average Bonchev–Trinajstić information content (AvgIpc) is 2.64. The molecule has 0 radical (unpaired) electrons. The number of rotatable bonds is 5. The topological polar surface area (TPSA) is 75.6 Å². The molecule has 0 aliphatic heterocycles. The molecule has 1 amide bonds. The fraction of sp³-hybridized carbons (Fsp3) is 0.852. The zero-order valence-corrected chi connectivity index (χ0v) is 21.3. The number of hydrogen-bond acceptors (Lipinski definition) is 3. The number of carboxylic acids is 1. The molecule has 2 saturated carbocycles. The van der Waals surface area contributed by atoms with Gasteiger partial charge in [-0.2, -0.15) is 0 Å². The molecule has 0 saturated heterocycles. The first kappa shape index (κ1) is 25.1. The van der Waals surface area contributed by atoms with E-state index in [9.17, 15) is 9.59 Å². The van der Waals surface area contributed by atoms with Crippen LogP contribution in [0.2, 0.25) is 0 Å². The maximum absolute atomic E-state index is 12.5. The molecule has 2 N–H and O–H groups in total. The Hall–Kier alpha value is -1.52. The molecule has 3 aliphatic carbocycles. The van der Waals surface area contributed by atoms with E-state index >= 15 is 0 Å². The van der Waals surface area contributed by atoms with Crippen LogP contribution in [0, 0.1) is 28.6 Å². The molecule has 182 valence electrons. The Morgan fingerprint density at radius 1 is 1.12 bits per heavy atom. The third-order valence-electron chi connectivity index (χ3n) is 9.02. The maximum Gasteiger partial charge on any atom is 0.407 e. The first-order valence-corrected chi connectivity index (χ1v) is 12.7. The summed E-state index contributed by atoms with van der Waals surface area (Å²) in [5.74, 6) is 1.13. The fourth-order valence-corrected chi connectivity index (χ4v) is 7.58. The molecule has 3 rings (SSSR count). The first-order valence-electron chi connectivity index (χ1n) is 12.7. The highest BCUT2D eigenvalue weighted by Gasteiger charge is 2.58. The molecule has 0 aromatic carbocycles. The summed E-state index contributed by atoms with van der Waals surface area (Å²) in [5.41, 5.74) is 2.86. The molecular formula is C27H45NO4. The van der Waals surface area contributed by atoms with Gasteiger partial charge in [0.2, 0.25) is 0 Å². The maximum atomic E-state index is 12.5. The van der Waals surface area contributed by atoms with Gasteiger partial charge in [0.05, 0.1) is 0 Å². The molecule has 0 bridgehead atoms. The highest BCUT2D eigenvalue weighted by Crippen LogP contribution is 2.64. The highest BCUT2D eigenvalue weighted by molar-refractivity contribution is 5.68. The Balaban J connectivity index is 1.76. The summed E-state index contributed by atoms with van der Waals surface area (Å²) < 4.78 is 5.56. The number of alkyl carbamates (subject to hydrolysis) is 1. The summed E-state index contributed by atoms with van der Waals surface area (Å²) >= 11 is 0. The molecule has 2 fully saturated rings. The van der Waals surface area contributed by atoms with Crippen LogP contribution < -0.4 is 5.32 Å². The number of ether oxygens (including phenoxy) is 1. The zero-order chi connectivity index (χ0) is 23.9. The molecule has 0 heterocycles. The summed E-state index contributed by atoms with van der Waals surface area (Å²) in [6, 6.07) is 0.128. The van der Waals surface area contributed by atoms with Gasteiger partial charge in [-0.05, 0) is 108 Å². The number of allylic oxidation sites excluding steroid dienone is 2. The second kappa shape index (κ2) is 9.02. The van der Waals surface area contributed by atoms with Crippen LogP contribution in [-0.2, 0) is 9.53 Å². The number of amides is 1. The predicted molar refractivity (Wildman–Crippen MR) is 127 cm³/mol. The van der Waals surface area contributed by atoms with Crippen molar-refractivity contribution in [1.82, 2.24) is 5.32 Å². The van der Waals surface area contributed by atoms with Crippen LogP contribution in [0.1, 0.15) is 106 Å². The Bertz CT molecular complexity index is 762. The third-order valence-corrected chi connectivity index (χ3v) is 9.02. The monoisotopic (exact) mass is 447 g/mol. The smallest absolute Gasteiger partial charge is 0.407 e. The van der Waals surface area contributed by atoms with Gasteiger partial charge in [-0.3, -0.25) is 4.79 Å². The van der Waals surface area contributed by atoms with Crippen LogP contribution in [0.5, 0.6) is 0 Å². The average molecular weight is 448 g/mol. The summed E-state index contributed by atoms with van der Waals surface area (Å²) in [6.07, 6.45) is 8.51. The van der Waals surface area contributed by atoms with Crippen molar-refractivity contribution in [2.24, 2.45) is 28.6 Å². The molecule has 32 heavy (non-hydrogen) atoms. The van der Waals surface area contributed by atoms with E-state index < -0.39 is 11.6 Å². The van der Waals surface area contributed by atoms with Gasteiger partial charge in [0, 0.05) is 12.5 Å². The van der Waals surface area contributed by atoms with Crippen LogP contribution >= 0.6 is 0 Å². The third kappa shape index (κ3) is 5.02.